The van der Waals surface area contributed by atoms with Gasteiger partial charge in [0.05, 0.1) is 16.9 Å². The fraction of sp³-hybridized carbons (Fsp3) is 0.500. The molecule has 0 amide bonds. The molecule has 1 atom stereocenters. The first-order valence-electron chi connectivity index (χ1n) is 9.46. The van der Waals surface area contributed by atoms with Crippen molar-refractivity contribution in [2.45, 2.75) is 44.1 Å². The van der Waals surface area contributed by atoms with E-state index in [1.165, 1.54) is 0 Å². The van der Waals surface area contributed by atoms with Crippen LogP contribution in [0.25, 0.3) is 11.3 Å². The molecular formula is C20H22N4O2. The van der Waals surface area contributed by atoms with Gasteiger partial charge in [0.1, 0.15) is 35.1 Å². The van der Waals surface area contributed by atoms with Crippen molar-refractivity contribution in [3.8, 4) is 17.4 Å². The summed E-state index contributed by atoms with van der Waals surface area (Å²) in [5, 5.41) is 9.73. The van der Waals surface area contributed by atoms with Crippen LogP contribution in [0, 0.1) is 11.3 Å². The summed E-state index contributed by atoms with van der Waals surface area (Å²) in [7, 11) is 0. The molecule has 2 N–H and O–H groups in total. The molecule has 0 saturated carbocycles. The maximum Gasteiger partial charge on any atom is 0.142 e. The minimum absolute atomic E-state index is 0.00908. The smallest absolute Gasteiger partial charge is 0.142 e. The van der Waals surface area contributed by atoms with Gasteiger partial charge in [-0.05, 0) is 44.2 Å². The van der Waals surface area contributed by atoms with E-state index in [9.17, 15) is 5.26 Å². The highest BCUT2D eigenvalue weighted by Crippen LogP contribution is 2.49. The molecule has 134 valence electrons. The Balaban J connectivity index is 1.65. The van der Waals surface area contributed by atoms with Gasteiger partial charge in [-0.1, -0.05) is 0 Å². The lowest BCUT2D eigenvalue weighted by Gasteiger charge is -2.42. The molecule has 26 heavy (non-hydrogen) atoms. The third-order valence-corrected chi connectivity index (χ3v) is 5.91. The van der Waals surface area contributed by atoms with Gasteiger partial charge in [0.2, 0.25) is 0 Å². The molecule has 0 aromatic carbocycles. The van der Waals surface area contributed by atoms with Crippen LogP contribution in [0.1, 0.15) is 61.1 Å². The predicted molar refractivity (Wildman–Crippen MR) is 97.8 cm³/mol. The highest BCUT2D eigenvalue weighted by atomic mass is 16.5. The maximum atomic E-state index is 9.73. The van der Waals surface area contributed by atoms with Crippen molar-refractivity contribution >= 4 is 11.5 Å². The van der Waals surface area contributed by atoms with Crippen LogP contribution in [0.5, 0.6) is 0 Å². The summed E-state index contributed by atoms with van der Waals surface area (Å²) in [6.07, 6.45) is 5.44. The molecule has 0 radical (unpaired) electrons. The van der Waals surface area contributed by atoms with E-state index in [0.29, 0.717) is 23.1 Å². The second kappa shape index (κ2) is 6.03. The molecule has 4 aliphatic rings. The van der Waals surface area contributed by atoms with Crippen molar-refractivity contribution in [2.24, 2.45) is 0 Å². The number of furan rings is 1. The second-order valence-corrected chi connectivity index (χ2v) is 7.41. The SMILES string of the molecule is N#Cc1c(N)nc2c(c1-c1ccc([C@@H]3CCCCO3)o1)N1CCC2CC1. The fourth-order valence-corrected chi connectivity index (χ4v) is 4.57. The van der Waals surface area contributed by atoms with Crippen molar-refractivity contribution in [2.75, 3.05) is 30.3 Å². The minimum atomic E-state index is 0.00908. The number of nitriles is 1. The van der Waals surface area contributed by atoms with Crippen LogP contribution in [-0.4, -0.2) is 24.7 Å². The molecule has 0 unspecified atom stereocenters. The summed E-state index contributed by atoms with van der Waals surface area (Å²) in [6.45, 7) is 2.78. The maximum absolute atomic E-state index is 9.73. The van der Waals surface area contributed by atoms with Gasteiger partial charge in [-0.2, -0.15) is 5.26 Å². The summed E-state index contributed by atoms with van der Waals surface area (Å²) in [6, 6.07) is 6.18. The molecule has 0 spiro atoms. The van der Waals surface area contributed by atoms with E-state index in [4.69, 9.17) is 14.9 Å². The van der Waals surface area contributed by atoms with Gasteiger partial charge in [-0.15, -0.1) is 0 Å². The molecule has 6 nitrogen and oxygen atoms in total. The summed E-state index contributed by atoms with van der Waals surface area (Å²) in [5.41, 5.74) is 9.46. The third-order valence-electron chi connectivity index (χ3n) is 5.91. The Morgan fingerprint density at radius 1 is 1.19 bits per heavy atom. The largest absolute Gasteiger partial charge is 0.458 e. The monoisotopic (exact) mass is 350 g/mol. The number of fused-ring (bicyclic) bond motifs is 2. The van der Waals surface area contributed by atoms with Crippen molar-refractivity contribution in [3.05, 3.63) is 29.2 Å². The lowest BCUT2D eigenvalue weighted by Crippen LogP contribution is -2.40. The first-order valence-corrected chi connectivity index (χ1v) is 9.46. The fourth-order valence-electron chi connectivity index (χ4n) is 4.57. The van der Waals surface area contributed by atoms with E-state index in [2.05, 4.69) is 16.0 Å². The van der Waals surface area contributed by atoms with E-state index >= 15 is 0 Å². The molecule has 0 aliphatic carbocycles. The average Bonchev–Trinajstić information content (AvgIpc) is 3.18. The normalized spacial score (nSPS) is 22.3. The van der Waals surface area contributed by atoms with Gasteiger partial charge < -0.3 is 19.8 Å². The zero-order chi connectivity index (χ0) is 17.7. The van der Waals surface area contributed by atoms with Crippen LogP contribution in [0.4, 0.5) is 11.5 Å². The van der Waals surface area contributed by atoms with Crippen LogP contribution in [0.2, 0.25) is 0 Å². The molecule has 2 fully saturated rings. The molecule has 2 aromatic heterocycles. The Kier molecular flexibility index (Phi) is 3.64. The summed E-state index contributed by atoms with van der Waals surface area (Å²) in [4.78, 5) is 6.93. The number of rotatable bonds is 2. The lowest BCUT2D eigenvalue weighted by molar-refractivity contribution is 0.00222. The zero-order valence-corrected chi connectivity index (χ0v) is 14.7. The number of hydrogen-bond donors (Lipinski definition) is 1. The topological polar surface area (TPSA) is 88.3 Å². The average molecular weight is 350 g/mol. The Hall–Kier alpha value is -2.52. The molecule has 6 heteroatoms. The molecule has 4 aliphatic heterocycles. The predicted octanol–water partition coefficient (Wildman–Crippen LogP) is 3.73. The van der Waals surface area contributed by atoms with Crippen LogP contribution < -0.4 is 10.6 Å². The quantitative estimate of drug-likeness (QED) is 0.888. The van der Waals surface area contributed by atoms with Crippen LogP contribution in [-0.2, 0) is 4.74 Å². The van der Waals surface area contributed by atoms with Crippen molar-refractivity contribution < 1.29 is 9.15 Å². The standard InChI is InChI=1S/C20H22N4O2/c21-11-13-17(16-5-4-15(26-16)14-3-1-2-10-25-14)19-18(23-20(13)22)12-6-8-24(19)9-7-12/h4-5,12,14H,1-3,6-10H2,(H2,22,23)/t14-/m0/s1. The Labute approximate surface area is 152 Å². The Morgan fingerprint density at radius 2 is 2.04 bits per heavy atom. The van der Waals surface area contributed by atoms with Crippen molar-refractivity contribution in [1.82, 2.24) is 4.98 Å². The highest BCUT2D eigenvalue weighted by molar-refractivity contribution is 5.87. The van der Waals surface area contributed by atoms with Crippen LogP contribution in [0.3, 0.4) is 0 Å². The van der Waals surface area contributed by atoms with Crippen molar-refractivity contribution in [1.29, 1.82) is 5.26 Å². The zero-order valence-electron chi connectivity index (χ0n) is 14.7. The number of hydrogen-bond acceptors (Lipinski definition) is 6. The van der Waals surface area contributed by atoms with Gasteiger partial charge in [0, 0.05) is 25.6 Å². The number of ether oxygens (including phenoxy) is 1. The van der Waals surface area contributed by atoms with Gasteiger partial charge >= 0.3 is 0 Å². The number of anilines is 2. The number of aromatic nitrogens is 1. The van der Waals surface area contributed by atoms with E-state index < -0.39 is 0 Å². The Morgan fingerprint density at radius 3 is 2.77 bits per heavy atom. The van der Waals surface area contributed by atoms with Gasteiger partial charge in [0.15, 0.2) is 0 Å². The van der Waals surface area contributed by atoms with Gasteiger partial charge in [0.25, 0.3) is 0 Å². The number of nitrogens with zero attached hydrogens (tertiary/aromatic N) is 3. The number of piperidine rings is 1. The first kappa shape index (κ1) is 15.7. The number of pyridine rings is 1. The van der Waals surface area contributed by atoms with E-state index in [0.717, 1.165) is 74.5 Å². The van der Waals surface area contributed by atoms with E-state index in [-0.39, 0.29) is 6.10 Å². The van der Waals surface area contributed by atoms with E-state index in [1.54, 1.807) is 0 Å². The molecule has 6 rings (SSSR count). The van der Waals surface area contributed by atoms with Crippen molar-refractivity contribution in [3.63, 3.8) is 0 Å². The molecule has 2 saturated heterocycles. The van der Waals surface area contributed by atoms with Crippen LogP contribution in [0.15, 0.2) is 16.5 Å². The molecular weight excluding hydrogens is 328 g/mol. The first-order chi connectivity index (χ1) is 12.8. The van der Waals surface area contributed by atoms with Gasteiger partial charge in [-0.3, -0.25) is 0 Å². The number of nitrogens with two attached hydrogens (primary N) is 1. The number of nitrogen functional groups attached to an aromatic ring is 1. The lowest BCUT2D eigenvalue weighted by atomic mass is 9.84. The summed E-state index contributed by atoms with van der Waals surface area (Å²) >= 11 is 0. The molecule has 2 aromatic rings. The third kappa shape index (κ3) is 2.31. The molecule has 2 bridgehead atoms. The summed E-state index contributed by atoms with van der Waals surface area (Å²) in [5.74, 6) is 2.27. The summed E-state index contributed by atoms with van der Waals surface area (Å²) < 4.78 is 12.0. The second-order valence-electron chi connectivity index (χ2n) is 7.41. The highest BCUT2D eigenvalue weighted by Gasteiger charge is 2.37. The molecule has 6 heterocycles. The van der Waals surface area contributed by atoms with Crippen LogP contribution >= 0.6 is 0 Å². The van der Waals surface area contributed by atoms with E-state index in [1.807, 2.05) is 12.1 Å². The van der Waals surface area contributed by atoms with Gasteiger partial charge in [-0.25, -0.2) is 4.98 Å². The minimum Gasteiger partial charge on any atom is -0.458 e. The Bertz CT molecular complexity index is 884.